The van der Waals surface area contributed by atoms with Crippen molar-refractivity contribution < 1.29 is 13.5 Å². The van der Waals surface area contributed by atoms with Crippen molar-refractivity contribution >= 4 is 0 Å². The zero-order chi connectivity index (χ0) is 12.3. The van der Waals surface area contributed by atoms with Gasteiger partial charge in [-0.05, 0) is 30.9 Å². The van der Waals surface area contributed by atoms with Crippen molar-refractivity contribution in [1.29, 1.82) is 0 Å². The third-order valence-electron chi connectivity index (χ3n) is 3.42. The molecule has 0 bridgehead atoms. The van der Waals surface area contributed by atoms with Gasteiger partial charge < -0.3 is 10.5 Å². The fourth-order valence-electron chi connectivity index (χ4n) is 2.35. The number of nitrogens with two attached hydrogens (primary N) is 1. The molecule has 0 spiro atoms. The van der Waals surface area contributed by atoms with Crippen molar-refractivity contribution in [1.82, 2.24) is 0 Å². The fraction of sp³-hybridized carbons (Fsp3) is 0.538. The average Bonchev–Trinajstić information content (AvgIpc) is 2.34. The molecule has 94 valence electrons. The number of hydrogen-bond donors (Lipinski definition) is 1. The molecule has 2 rings (SSSR count). The molecule has 0 aliphatic carbocycles. The first-order valence-corrected chi connectivity index (χ1v) is 5.87. The quantitative estimate of drug-likeness (QED) is 0.881. The molecular weight excluding hydrogens is 224 g/mol. The molecule has 2 N–H and O–H groups in total. The molecule has 0 radical (unpaired) electrons. The number of ether oxygens (including phenoxy) is 1. The molecule has 1 aliphatic heterocycles. The monoisotopic (exact) mass is 241 g/mol. The normalized spacial score (nSPS) is 24.9. The number of halogens is 2. The second-order valence-electron chi connectivity index (χ2n) is 4.77. The SMILES string of the molecule is NCC1(Cc2ccc(F)cc2F)CCCOC1. The van der Waals surface area contributed by atoms with Crippen LogP contribution in [0.25, 0.3) is 0 Å². The summed E-state index contributed by atoms with van der Waals surface area (Å²) in [5.74, 6) is -1.05. The van der Waals surface area contributed by atoms with E-state index in [1.54, 1.807) is 0 Å². The van der Waals surface area contributed by atoms with Crippen LogP contribution in [0.4, 0.5) is 8.78 Å². The van der Waals surface area contributed by atoms with E-state index in [2.05, 4.69) is 0 Å². The molecular formula is C13H17F2NO. The summed E-state index contributed by atoms with van der Waals surface area (Å²) in [6.07, 6.45) is 2.38. The summed E-state index contributed by atoms with van der Waals surface area (Å²) in [7, 11) is 0. The minimum absolute atomic E-state index is 0.198. The van der Waals surface area contributed by atoms with Crippen LogP contribution in [0.3, 0.4) is 0 Å². The van der Waals surface area contributed by atoms with Crippen molar-refractivity contribution in [3.8, 4) is 0 Å². The van der Waals surface area contributed by atoms with Gasteiger partial charge in [0.25, 0.3) is 0 Å². The standard InChI is InChI=1S/C13H17F2NO/c14-11-3-2-10(12(15)6-11)7-13(8-16)4-1-5-17-9-13/h2-3,6H,1,4-5,7-9,16H2. The second-order valence-corrected chi connectivity index (χ2v) is 4.77. The van der Waals surface area contributed by atoms with Crippen molar-refractivity contribution in [2.24, 2.45) is 11.1 Å². The lowest BCUT2D eigenvalue weighted by atomic mass is 9.77. The van der Waals surface area contributed by atoms with Gasteiger partial charge in [0.05, 0.1) is 6.61 Å². The molecule has 1 aliphatic rings. The molecule has 1 saturated heterocycles. The summed E-state index contributed by atoms with van der Waals surface area (Å²) in [5, 5.41) is 0. The van der Waals surface area contributed by atoms with E-state index >= 15 is 0 Å². The zero-order valence-corrected chi connectivity index (χ0v) is 9.72. The first kappa shape index (κ1) is 12.5. The van der Waals surface area contributed by atoms with Gasteiger partial charge in [-0.3, -0.25) is 0 Å². The Hall–Kier alpha value is -1.00. The highest BCUT2D eigenvalue weighted by molar-refractivity contribution is 5.20. The minimum Gasteiger partial charge on any atom is -0.381 e. The van der Waals surface area contributed by atoms with Gasteiger partial charge in [-0.15, -0.1) is 0 Å². The van der Waals surface area contributed by atoms with Crippen LogP contribution in [0, 0.1) is 17.0 Å². The third kappa shape index (κ3) is 2.82. The summed E-state index contributed by atoms with van der Waals surface area (Å²) >= 11 is 0. The van der Waals surface area contributed by atoms with E-state index in [1.807, 2.05) is 0 Å². The maximum absolute atomic E-state index is 13.6. The van der Waals surface area contributed by atoms with E-state index in [1.165, 1.54) is 12.1 Å². The average molecular weight is 241 g/mol. The third-order valence-corrected chi connectivity index (χ3v) is 3.42. The Morgan fingerprint density at radius 3 is 2.76 bits per heavy atom. The summed E-state index contributed by atoms with van der Waals surface area (Å²) in [6, 6.07) is 3.70. The van der Waals surface area contributed by atoms with E-state index in [0.717, 1.165) is 25.5 Å². The highest BCUT2D eigenvalue weighted by Crippen LogP contribution is 2.32. The first-order chi connectivity index (χ1) is 8.15. The summed E-state index contributed by atoms with van der Waals surface area (Å²) in [4.78, 5) is 0. The van der Waals surface area contributed by atoms with E-state index in [9.17, 15) is 8.78 Å². The van der Waals surface area contributed by atoms with Crippen molar-refractivity contribution in [2.75, 3.05) is 19.8 Å². The highest BCUT2D eigenvalue weighted by Gasteiger charge is 2.32. The molecule has 1 aromatic carbocycles. The van der Waals surface area contributed by atoms with Crippen molar-refractivity contribution in [3.63, 3.8) is 0 Å². The summed E-state index contributed by atoms with van der Waals surface area (Å²) in [6.45, 7) is 1.76. The Balaban J connectivity index is 2.17. The van der Waals surface area contributed by atoms with Gasteiger partial charge in [-0.2, -0.15) is 0 Å². The number of hydrogen-bond acceptors (Lipinski definition) is 2. The maximum Gasteiger partial charge on any atom is 0.129 e. The van der Waals surface area contributed by atoms with Crippen LogP contribution in [0.2, 0.25) is 0 Å². The lowest BCUT2D eigenvalue weighted by molar-refractivity contribution is -0.00302. The lowest BCUT2D eigenvalue weighted by Crippen LogP contribution is -2.40. The lowest BCUT2D eigenvalue weighted by Gasteiger charge is -2.36. The van der Waals surface area contributed by atoms with Crippen LogP contribution in [0.15, 0.2) is 18.2 Å². The van der Waals surface area contributed by atoms with E-state index < -0.39 is 11.6 Å². The maximum atomic E-state index is 13.6. The second kappa shape index (κ2) is 5.10. The van der Waals surface area contributed by atoms with Crippen LogP contribution >= 0.6 is 0 Å². The largest absolute Gasteiger partial charge is 0.381 e. The topological polar surface area (TPSA) is 35.2 Å². The molecule has 0 amide bonds. The highest BCUT2D eigenvalue weighted by atomic mass is 19.1. The molecule has 1 atom stereocenters. The van der Waals surface area contributed by atoms with Gasteiger partial charge in [0.2, 0.25) is 0 Å². The molecule has 1 unspecified atom stereocenters. The predicted octanol–water partition coefficient (Wildman–Crippen LogP) is 2.26. The fourth-order valence-corrected chi connectivity index (χ4v) is 2.35. The Morgan fingerprint density at radius 2 is 2.18 bits per heavy atom. The zero-order valence-electron chi connectivity index (χ0n) is 9.72. The Labute approximate surface area is 99.8 Å². The van der Waals surface area contributed by atoms with Crippen LogP contribution in [0.5, 0.6) is 0 Å². The van der Waals surface area contributed by atoms with Crippen LogP contribution < -0.4 is 5.73 Å². The number of rotatable bonds is 3. The molecule has 17 heavy (non-hydrogen) atoms. The molecule has 0 saturated carbocycles. The molecule has 1 heterocycles. The Bertz CT molecular complexity index is 389. The summed E-state index contributed by atoms with van der Waals surface area (Å²) in [5.41, 5.74) is 6.11. The van der Waals surface area contributed by atoms with Gasteiger partial charge in [-0.1, -0.05) is 6.07 Å². The van der Waals surface area contributed by atoms with E-state index in [-0.39, 0.29) is 5.41 Å². The van der Waals surface area contributed by atoms with Gasteiger partial charge in [0.15, 0.2) is 0 Å². The van der Waals surface area contributed by atoms with E-state index in [4.69, 9.17) is 10.5 Å². The molecule has 1 fully saturated rings. The van der Waals surface area contributed by atoms with Gasteiger partial charge in [0, 0.05) is 24.6 Å². The van der Waals surface area contributed by atoms with Crippen molar-refractivity contribution in [2.45, 2.75) is 19.3 Å². The Kier molecular flexibility index (Phi) is 3.74. The molecule has 4 heteroatoms. The van der Waals surface area contributed by atoms with Gasteiger partial charge >= 0.3 is 0 Å². The minimum atomic E-state index is -0.548. The molecule has 2 nitrogen and oxygen atoms in total. The Morgan fingerprint density at radius 1 is 1.35 bits per heavy atom. The van der Waals surface area contributed by atoms with Gasteiger partial charge in [0.1, 0.15) is 11.6 Å². The van der Waals surface area contributed by atoms with Crippen LogP contribution in [-0.2, 0) is 11.2 Å². The smallest absolute Gasteiger partial charge is 0.129 e. The molecule has 1 aromatic rings. The number of benzene rings is 1. The van der Waals surface area contributed by atoms with Crippen LogP contribution in [0.1, 0.15) is 18.4 Å². The first-order valence-electron chi connectivity index (χ1n) is 5.87. The van der Waals surface area contributed by atoms with E-state index in [0.29, 0.717) is 25.1 Å². The predicted molar refractivity (Wildman–Crippen MR) is 61.6 cm³/mol. The summed E-state index contributed by atoms with van der Waals surface area (Å²) < 4.78 is 31.8. The molecule has 0 aromatic heterocycles. The van der Waals surface area contributed by atoms with Crippen LogP contribution in [-0.4, -0.2) is 19.8 Å². The van der Waals surface area contributed by atoms with Gasteiger partial charge in [-0.25, -0.2) is 8.78 Å². The van der Waals surface area contributed by atoms with Crippen molar-refractivity contribution in [3.05, 3.63) is 35.4 Å².